The van der Waals surface area contributed by atoms with Crippen molar-refractivity contribution in [3.63, 3.8) is 0 Å². The number of carboxylic acids is 1. The van der Waals surface area contributed by atoms with Crippen LogP contribution in [0.3, 0.4) is 0 Å². The molecule has 0 unspecified atom stereocenters. The summed E-state index contributed by atoms with van der Waals surface area (Å²) in [5, 5.41) is 11.5. The number of hydrogen-bond donors (Lipinski definition) is 0. The number of nitrogens with zero attached hydrogens (tertiary/aromatic N) is 1. The van der Waals surface area contributed by atoms with Gasteiger partial charge in [-0.05, 0) is 6.92 Å². The SMILES string of the molecule is Cc1nc(-c2ccccc2)c(CC(=O)[O-])s1. The monoisotopic (exact) mass is 232 g/mol. The summed E-state index contributed by atoms with van der Waals surface area (Å²) in [6.45, 7) is 1.87. The lowest BCUT2D eigenvalue weighted by Crippen LogP contribution is -2.24. The maximum atomic E-state index is 10.6. The van der Waals surface area contributed by atoms with E-state index in [1.807, 2.05) is 37.3 Å². The zero-order valence-electron chi connectivity index (χ0n) is 8.77. The minimum absolute atomic E-state index is 0.0737. The molecule has 0 amide bonds. The van der Waals surface area contributed by atoms with E-state index < -0.39 is 5.97 Å². The lowest BCUT2D eigenvalue weighted by atomic mass is 10.1. The van der Waals surface area contributed by atoms with Crippen molar-refractivity contribution in [3.05, 3.63) is 40.2 Å². The molecule has 4 heteroatoms. The van der Waals surface area contributed by atoms with Crippen LogP contribution in [0.5, 0.6) is 0 Å². The van der Waals surface area contributed by atoms with Crippen LogP contribution in [-0.2, 0) is 11.2 Å². The van der Waals surface area contributed by atoms with E-state index in [0.29, 0.717) is 0 Å². The molecular formula is C12H10NO2S-. The van der Waals surface area contributed by atoms with Gasteiger partial charge in [0, 0.05) is 22.8 Å². The first-order valence-electron chi connectivity index (χ1n) is 4.88. The van der Waals surface area contributed by atoms with Gasteiger partial charge in [0.15, 0.2) is 0 Å². The fraction of sp³-hybridized carbons (Fsp3) is 0.167. The molecule has 0 saturated heterocycles. The highest BCUT2D eigenvalue weighted by molar-refractivity contribution is 7.12. The molecule has 0 aliphatic heterocycles. The van der Waals surface area contributed by atoms with Crippen molar-refractivity contribution in [2.75, 3.05) is 0 Å². The predicted octanol–water partition coefficient (Wildman–Crippen LogP) is 1.41. The molecule has 0 saturated carbocycles. The summed E-state index contributed by atoms with van der Waals surface area (Å²) in [5.74, 6) is -1.07. The van der Waals surface area contributed by atoms with Crippen LogP contribution in [0.25, 0.3) is 11.3 Å². The molecule has 0 aliphatic rings. The minimum Gasteiger partial charge on any atom is -0.550 e. The molecule has 0 fully saturated rings. The lowest BCUT2D eigenvalue weighted by Gasteiger charge is -2.02. The molecule has 0 radical (unpaired) electrons. The normalized spacial score (nSPS) is 10.3. The maximum Gasteiger partial charge on any atom is 0.0904 e. The average molecular weight is 232 g/mol. The van der Waals surface area contributed by atoms with Gasteiger partial charge in [-0.3, -0.25) is 0 Å². The number of aromatic nitrogens is 1. The molecule has 2 rings (SSSR count). The third kappa shape index (κ3) is 2.28. The summed E-state index contributed by atoms with van der Waals surface area (Å²) < 4.78 is 0. The van der Waals surface area contributed by atoms with E-state index in [4.69, 9.17) is 0 Å². The Bertz CT molecular complexity index is 505. The van der Waals surface area contributed by atoms with E-state index >= 15 is 0 Å². The number of rotatable bonds is 3. The van der Waals surface area contributed by atoms with E-state index in [9.17, 15) is 9.90 Å². The van der Waals surface area contributed by atoms with Gasteiger partial charge in [-0.2, -0.15) is 0 Å². The van der Waals surface area contributed by atoms with Crippen molar-refractivity contribution in [1.82, 2.24) is 4.98 Å². The van der Waals surface area contributed by atoms with E-state index in [1.54, 1.807) is 0 Å². The highest BCUT2D eigenvalue weighted by Crippen LogP contribution is 2.27. The highest BCUT2D eigenvalue weighted by Gasteiger charge is 2.10. The van der Waals surface area contributed by atoms with Gasteiger partial charge in [0.1, 0.15) is 0 Å². The van der Waals surface area contributed by atoms with E-state index in [2.05, 4.69) is 4.98 Å². The maximum absolute atomic E-state index is 10.6. The van der Waals surface area contributed by atoms with Crippen molar-refractivity contribution in [3.8, 4) is 11.3 Å². The third-order valence-electron chi connectivity index (χ3n) is 2.16. The average Bonchev–Trinajstić information content (AvgIpc) is 2.60. The van der Waals surface area contributed by atoms with Crippen LogP contribution >= 0.6 is 11.3 Å². The summed E-state index contributed by atoms with van der Waals surface area (Å²) in [6.07, 6.45) is -0.0737. The van der Waals surface area contributed by atoms with Crippen LogP contribution in [0.4, 0.5) is 0 Å². The van der Waals surface area contributed by atoms with Crippen molar-refractivity contribution in [2.24, 2.45) is 0 Å². The Labute approximate surface area is 97.4 Å². The fourth-order valence-electron chi connectivity index (χ4n) is 1.54. The number of carbonyl (C=O) groups excluding carboxylic acids is 1. The van der Waals surface area contributed by atoms with Gasteiger partial charge in [-0.1, -0.05) is 30.3 Å². The molecule has 0 bridgehead atoms. The Morgan fingerprint density at radius 3 is 2.69 bits per heavy atom. The number of aryl methyl sites for hydroxylation is 1. The zero-order chi connectivity index (χ0) is 11.5. The van der Waals surface area contributed by atoms with Crippen LogP contribution in [-0.4, -0.2) is 11.0 Å². The second-order valence-corrected chi connectivity index (χ2v) is 4.71. The summed E-state index contributed by atoms with van der Waals surface area (Å²) in [6, 6.07) is 9.58. The number of carboxylic acid groups (broad SMARTS) is 1. The second kappa shape index (κ2) is 4.45. The first-order chi connectivity index (χ1) is 7.66. The number of aliphatic carboxylic acids is 1. The highest BCUT2D eigenvalue weighted by atomic mass is 32.1. The topological polar surface area (TPSA) is 53.0 Å². The molecule has 0 atom stereocenters. The Kier molecular flexibility index (Phi) is 3.01. The molecule has 1 aromatic heterocycles. The number of carbonyl (C=O) groups is 1. The molecule has 1 aromatic carbocycles. The van der Waals surface area contributed by atoms with Crippen molar-refractivity contribution in [1.29, 1.82) is 0 Å². The van der Waals surface area contributed by atoms with Gasteiger partial charge in [0.2, 0.25) is 0 Å². The van der Waals surface area contributed by atoms with Gasteiger partial charge in [0.25, 0.3) is 0 Å². The van der Waals surface area contributed by atoms with E-state index in [0.717, 1.165) is 21.1 Å². The largest absolute Gasteiger partial charge is 0.550 e. The Morgan fingerprint density at radius 1 is 1.38 bits per heavy atom. The van der Waals surface area contributed by atoms with Gasteiger partial charge < -0.3 is 9.90 Å². The Balaban J connectivity index is 2.44. The standard InChI is InChI=1S/C12H11NO2S/c1-8-13-12(9-5-3-2-4-6-9)10(16-8)7-11(14)15/h2-6H,7H2,1H3,(H,14,15)/p-1. The van der Waals surface area contributed by atoms with Crippen LogP contribution in [0.2, 0.25) is 0 Å². The van der Waals surface area contributed by atoms with E-state index in [-0.39, 0.29) is 6.42 Å². The van der Waals surface area contributed by atoms with Gasteiger partial charge in [-0.15, -0.1) is 11.3 Å². The molecule has 2 aromatic rings. The summed E-state index contributed by atoms with van der Waals surface area (Å²) in [4.78, 5) is 15.7. The summed E-state index contributed by atoms with van der Waals surface area (Å²) in [7, 11) is 0. The van der Waals surface area contributed by atoms with Crippen LogP contribution in [0.1, 0.15) is 9.88 Å². The Hall–Kier alpha value is -1.68. The van der Waals surface area contributed by atoms with E-state index in [1.165, 1.54) is 11.3 Å². The summed E-state index contributed by atoms with van der Waals surface area (Å²) in [5.41, 5.74) is 1.70. The molecule has 0 N–H and O–H groups in total. The Morgan fingerprint density at radius 2 is 2.06 bits per heavy atom. The van der Waals surface area contributed by atoms with Crippen molar-refractivity contribution >= 4 is 17.3 Å². The third-order valence-corrected chi connectivity index (χ3v) is 3.13. The number of hydrogen-bond acceptors (Lipinski definition) is 4. The van der Waals surface area contributed by atoms with Crippen molar-refractivity contribution < 1.29 is 9.90 Å². The molecule has 82 valence electrons. The smallest absolute Gasteiger partial charge is 0.0904 e. The number of thiazole rings is 1. The van der Waals surface area contributed by atoms with Gasteiger partial charge >= 0.3 is 0 Å². The van der Waals surface area contributed by atoms with Gasteiger partial charge in [-0.25, -0.2) is 4.98 Å². The minimum atomic E-state index is -1.07. The first-order valence-corrected chi connectivity index (χ1v) is 5.70. The molecule has 0 spiro atoms. The quantitative estimate of drug-likeness (QED) is 0.804. The zero-order valence-corrected chi connectivity index (χ0v) is 9.58. The van der Waals surface area contributed by atoms with Gasteiger partial charge in [0.05, 0.1) is 10.7 Å². The molecule has 0 aliphatic carbocycles. The fourth-order valence-corrected chi connectivity index (χ4v) is 2.49. The van der Waals surface area contributed by atoms with Crippen LogP contribution in [0.15, 0.2) is 30.3 Å². The summed E-state index contributed by atoms with van der Waals surface area (Å²) >= 11 is 1.41. The molecular weight excluding hydrogens is 222 g/mol. The molecule has 1 heterocycles. The van der Waals surface area contributed by atoms with Crippen LogP contribution in [0, 0.1) is 6.92 Å². The predicted molar refractivity (Wildman–Crippen MR) is 61.0 cm³/mol. The van der Waals surface area contributed by atoms with Crippen LogP contribution < -0.4 is 5.11 Å². The number of benzene rings is 1. The second-order valence-electron chi connectivity index (χ2n) is 3.42. The molecule has 16 heavy (non-hydrogen) atoms. The first kappa shape index (κ1) is 10.8. The van der Waals surface area contributed by atoms with Crippen molar-refractivity contribution in [2.45, 2.75) is 13.3 Å². The lowest BCUT2D eigenvalue weighted by molar-refractivity contribution is -0.304. The molecule has 3 nitrogen and oxygen atoms in total.